The van der Waals surface area contributed by atoms with E-state index in [1.54, 1.807) is 12.1 Å². The number of rotatable bonds is 3. The van der Waals surface area contributed by atoms with Crippen LogP contribution in [0.25, 0.3) is 0 Å². The van der Waals surface area contributed by atoms with Gasteiger partial charge < -0.3 is 10.5 Å². The molecule has 14 heavy (non-hydrogen) atoms. The molecule has 0 saturated heterocycles. The number of methoxy groups -OCH3 is 1. The summed E-state index contributed by atoms with van der Waals surface area (Å²) in [4.78, 5) is 10.8. The van der Waals surface area contributed by atoms with E-state index in [0.717, 1.165) is 6.92 Å². The summed E-state index contributed by atoms with van der Waals surface area (Å²) in [6.45, 7) is 1.14. The van der Waals surface area contributed by atoms with E-state index < -0.39 is 11.6 Å². The molecular formula is C10H12FNO2. The van der Waals surface area contributed by atoms with Crippen LogP contribution in [0.15, 0.2) is 24.3 Å². The molecule has 2 N–H and O–H groups in total. The zero-order valence-electron chi connectivity index (χ0n) is 8.08. The second kappa shape index (κ2) is 3.65. The largest absolute Gasteiger partial charge is 0.497 e. The van der Waals surface area contributed by atoms with Crippen LogP contribution in [0.1, 0.15) is 12.5 Å². The molecule has 0 heterocycles. The first-order valence-corrected chi connectivity index (χ1v) is 4.12. The fourth-order valence-electron chi connectivity index (χ4n) is 1.05. The topological polar surface area (TPSA) is 52.3 Å². The van der Waals surface area contributed by atoms with Crippen LogP contribution in [0.2, 0.25) is 0 Å². The first kappa shape index (κ1) is 10.5. The molecule has 0 saturated carbocycles. The summed E-state index contributed by atoms with van der Waals surface area (Å²) >= 11 is 0. The van der Waals surface area contributed by atoms with Gasteiger partial charge in [0.25, 0.3) is 5.91 Å². The van der Waals surface area contributed by atoms with Crippen LogP contribution >= 0.6 is 0 Å². The standard InChI is InChI=1S/C10H12FNO2/c1-10(11,9(12)13)7-3-5-8(14-2)6-4-7/h3-6H,1-2H3,(H2,12,13). The van der Waals surface area contributed by atoms with Crippen LogP contribution < -0.4 is 10.5 Å². The third-order valence-corrected chi connectivity index (χ3v) is 2.09. The van der Waals surface area contributed by atoms with Gasteiger partial charge in [0.2, 0.25) is 5.67 Å². The maximum absolute atomic E-state index is 13.7. The minimum Gasteiger partial charge on any atom is -0.497 e. The number of nitrogens with two attached hydrogens (primary N) is 1. The van der Waals surface area contributed by atoms with E-state index in [1.807, 2.05) is 0 Å². The normalized spacial score (nSPS) is 14.5. The molecule has 0 aliphatic carbocycles. The van der Waals surface area contributed by atoms with Crippen LogP contribution in [0.5, 0.6) is 5.75 Å². The lowest BCUT2D eigenvalue weighted by molar-refractivity contribution is -0.128. The average Bonchev–Trinajstić information content (AvgIpc) is 2.17. The molecule has 0 aliphatic heterocycles. The van der Waals surface area contributed by atoms with Crippen molar-refractivity contribution in [3.63, 3.8) is 0 Å². The Kier molecular flexibility index (Phi) is 2.74. The molecule has 0 spiro atoms. The summed E-state index contributed by atoms with van der Waals surface area (Å²) in [5.74, 6) is -0.392. The Hall–Kier alpha value is -1.58. The van der Waals surface area contributed by atoms with Gasteiger partial charge >= 0.3 is 0 Å². The van der Waals surface area contributed by atoms with Crippen molar-refractivity contribution in [3.05, 3.63) is 29.8 Å². The number of ether oxygens (including phenoxy) is 1. The van der Waals surface area contributed by atoms with E-state index >= 15 is 0 Å². The maximum Gasteiger partial charge on any atom is 0.259 e. The Balaban J connectivity index is 3.02. The highest BCUT2D eigenvalue weighted by Gasteiger charge is 2.32. The van der Waals surface area contributed by atoms with Crippen molar-refractivity contribution in [2.24, 2.45) is 5.73 Å². The van der Waals surface area contributed by atoms with E-state index in [1.165, 1.54) is 19.2 Å². The van der Waals surface area contributed by atoms with E-state index in [9.17, 15) is 9.18 Å². The van der Waals surface area contributed by atoms with Gasteiger partial charge in [0.15, 0.2) is 0 Å². The van der Waals surface area contributed by atoms with Crippen LogP contribution in [-0.4, -0.2) is 13.0 Å². The van der Waals surface area contributed by atoms with Crippen LogP contribution in [0.3, 0.4) is 0 Å². The van der Waals surface area contributed by atoms with Crippen molar-refractivity contribution in [2.45, 2.75) is 12.6 Å². The molecule has 1 atom stereocenters. The highest BCUT2D eigenvalue weighted by Crippen LogP contribution is 2.26. The highest BCUT2D eigenvalue weighted by molar-refractivity contribution is 5.84. The zero-order valence-corrected chi connectivity index (χ0v) is 8.08. The summed E-state index contributed by atoms with van der Waals surface area (Å²) in [6.07, 6.45) is 0. The first-order valence-electron chi connectivity index (χ1n) is 4.12. The van der Waals surface area contributed by atoms with E-state index in [2.05, 4.69) is 0 Å². The third kappa shape index (κ3) is 1.84. The second-order valence-corrected chi connectivity index (χ2v) is 3.10. The van der Waals surface area contributed by atoms with E-state index in [4.69, 9.17) is 10.5 Å². The maximum atomic E-state index is 13.7. The van der Waals surface area contributed by atoms with Gasteiger partial charge in [-0.3, -0.25) is 4.79 Å². The molecule has 4 heteroatoms. The lowest BCUT2D eigenvalue weighted by Crippen LogP contribution is -2.34. The van der Waals surface area contributed by atoms with Gasteiger partial charge in [-0.2, -0.15) is 0 Å². The quantitative estimate of drug-likeness (QED) is 0.795. The number of hydrogen-bond donors (Lipinski definition) is 1. The number of primary amides is 1. The summed E-state index contributed by atoms with van der Waals surface area (Å²) in [7, 11) is 1.51. The van der Waals surface area contributed by atoms with Gasteiger partial charge in [-0.25, -0.2) is 4.39 Å². The van der Waals surface area contributed by atoms with Crippen LogP contribution in [0.4, 0.5) is 4.39 Å². The molecule has 76 valence electrons. The number of carbonyl (C=O) groups is 1. The molecule has 1 unspecified atom stereocenters. The number of hydrogen-bond acceptors (Lipinski definition) is 2. The zero-order chi connectivity index (χ0) is 10.8. The number of carbonyl (C=O) groups excluding carboxylic acids is 1. The molecule has 0 aliphatic rings. The smallest absolute Gasteiger partial charge is 0.259 e. The molecular weight excluding hydrogens is 185 g/mol. The number of halogens is 1. The van der Waals surface area contributed by atoms with Gasteiger partial charge in [-0.1, -0.05) is 12.1 Å². The molecule has 1 rings (SSSR count). The van der Waals surface area contributed by atoms with Gasteiger partial charge in [0.1, 0.15) is 5.75 Å². The molecule has 1 aromatic carbocycles. The predicted molar refractivity (Wildman–Crippen MR) is 50.6 cm³/mol. The molecule has 1 aromatic rings. The van der Waals surface area contributed by atoms with Crippen molar-refractivity contribution in [3.8, 4) is 5.75 Å². The van der Waals surface area contributed by atoms with Crippen molar-refractivity contribution in [2.75, 3.05) is 7.11 Å². The molecule has 3 nitrogen and oxygen atoms in total. The Morgan fingerprint density at radius 2 is 1.93 bits per heavy atom. The lowest BCUT2D eigenvalue weighted by atomic mass is 9.97. The Labute approximate surface area is 81.7 Å². The summed E-state index contributed by atoms with van der Waals surface area (Å²) in [5.41, 5.74) is 3.02. The Morgan fingerprint density at radius 3 is 2.29 bits per heavy atom. The van der Waals surface area contributed by atoms with Crippen molar-refractivity contribution >= 4 is 5.91 Å². The molecule has 0 bridgehead atoms. The fourth-order valence-corrected chi connectivity index (χ4v) is 1.05. The monoisotopic (exact) mass is 197 g/mol. The van der Waals surface area contributed by atoms with Crippen molar-refractivity contribution < 1.29 is 13.9 Å². The van der Waals surface area contributed by atoms with Crippen LogP contribution in [-0.2, 0) is 10.5 Å². The minimum atomic E-state index is -2.13. The molecule has 0 fully saturated rings. The number of alkyl halides is 1. The van der Waals surface area contributed by atoms with Gasteiger partial charge in [0, 0.05) is 0 Å². The summed E-state index contributed by atoms with van der Waals surface area (Å²) in [5, 5.41) is 0. The first-order chi connectivity index (χ1) is 6.48. The third-order valence-electron chi connectivity index (χ3n) is 2.09. The molecule has 0 aromatic heterocycles. The molecule has 1 amide bonds. The minimum absolute atomic E-state index is 0.228. The lowest BCUT2D eigenvalue weighted by Gasteiger charge is -2.16. The van der Waals surface area contributed by atoms with Crippen molar-refractivity contribution in [1.29, 1.82) is 0 Å². The van der Waals surface area contributed by atoms with E-state index in [-0.39, 0.29) is 5.56 Å². The molecule has 0 radical (unpaired) electrons. The van der Waals surface area contributed by atoms with Gasteiger partial charge in [-0.05, 0) is 24.6 Å². The summed E-state index contributed by atoms with van der Waals surface area (Å²) < 4.78 is 18.6. The second-order valence-electron chi connectivity index (χ2n) is 3.10. The summed E-state index contributed by atoms with van der Waals surface area (Å²) in [6, 6.07) is 6.11. The number of benzene rings is 1. The Bertz CT molecular complexity index is 332. The Morgan fingerprint density at radius 1 is 1.43 bits per heavy atom. The highest BCUT2D eigenvalue weighted by atomic mass is 19.1. The average molecular weight is 197 g/mol. The fraction of sp³-hybridized carbons (Fsp3) is 0.300. The van der Waals surface area contributed by atoms with Gasteiger partial charge in [0.05, 0.1) is 7.11 Å². The SMILES string of the molecule is COc1ccc(C(C)(F)C(N)=O)cc1. The van der Waals surface area contributed by atoms with Gasteiger partial charge in [-0.15, -0.1) is 0 Å². The van der Waals surface area contributed by atoms with Crippen molar-refractivity contribution in [1.82, 2.24) is 0 Å². The predicted octanol–water partition coefficient (Wildman–Crippen LogP) is 1.37. The van der Waals surface area contributed by atoms with Crippen LogP contribution in [0, 0.1) is 0 Å². The number of amides is 1. The van der Waals surface area contributed by atoms with E-state index in [0.29, 0.717) is 5.75 Å².